The lowest BCUT2D eigenvalue weighted by Crippen LogP contribution is -2.48. The quantitative estimate of drug-likeness (QED) is 0.889. The van der Waals surface area contributed by atoms with E-state index in [0.29, 0.717) is 37.6 Å². The maximum absolute atomic E-state index is 12.4. The Hall–Kier alpha value is -2.08. The first-order valence-electron chi connectivity index (χ1n) is 8.43. The topological polar surface area (TPSA) is 77.9 Å². The molecule has 7 heteroatoms. The number of anilines is 1. The molecule has 134 valence electrons. The summed E-state index contributed by atoms with van der Waals surface area (Å²) < 4.78 is 0. The molecule has 0 aromatic heterocycles. The van der Waals surface area contributed by atoms with Crippen LogP contribution in [0.2, 0.25) is 5.02 Å². The van der Waals surface area contributed by atoms with Gasteiger partial charge in [-0.05, 0) is 18.1 Å². The molecule has 3 rings (SSSR count). The average Bonchev–Trinajstić information content (AvgIpc) is 2.97. The SMILES string of the molecule is CC(=O)N1CCN(c2c(Cl)cccc2[C@@H]2C[C@@H](C(=O)O)CC2=O)CC1. The number of nitrogens with zero attached hydrogens (tertiary/aromatic N) is 2. The molecule has 1 saturated heterocycles. The number of Topliss-reactive ketones (excluding diaryl/α,β-unsaturated/α-hetero) is 1. The van der Waals surface area contributed by atoms with Crippen LogP contribution in [-0.2, 0) is 14.4 Å². The van der Waals surface area contributed by atoms with Crippen LogP contribution in [0.15, 0.2) is 18.2 Å². The molecular weight excluding hydrogens is 344 g/mol. The number of amides is 1. The second kappa shape index (κ2) is 7.04. The van der Waals surface area contributed by atoms with Crippen molar-refractivity contribution in [2.75, 3.05) is 31.1 Å². The van der Waals surface area contributed by atoms with Gasteiger partial charge in [0.05, 0.1) is 16.6 Å². The summed E-state index contributed by atoms with van der Waals surface area (Å²) in [6.07, 6.45) is 0.388. The van der Waals surface area contributed by atoms with Gasteiger partial charge < -0.3 is 14.9 Å². The van der Waals surface area contributed by atoms with Gasteiger partial charge in [-0.25, -0.2) is 0 Å². The molecule has 0 bridgehead atoms. The number of carbonyl (C=O) groups excluding carboxylic acids is 2. The van der Waals surface area contributed by atoms with Crippen LogP contribution in [0.5, 0.6) is 0 Å². The molecule has 1 aliphatic carbocycles. The summed E-state index contributed by atoms with van der Waals surface area (Å²) in [5, 5.41) is 9.78. The third-order valence-corrected chi connectivity index (χ3v) is 5.45. The van der Waals surface area contributed by atoms with E-state index < -0.39 is 17.8 Å². The fraction of sp³-hybridized carbons (Fsp3) is 0.500. The summed E-state index contributed by atoms with van der Waals surface area (Å²) in [4.78, 5) is 39.0. The summed E-state index contributed by atoms with van der Waals surface area (Å²) >= 11 is 6.44. The third kappa shape index (κ3) is 3.49. The molecule has 0 unspecified atom stereocenters. The highest BCUT2D eigenvalue weighted by Crippen LogP contribution is 2.42. The summed E-state index contributed by atoms with van der Waals surface area (Å²) in [6, 6.07) is 5.45. The minimum atomic E-state index is -0.922. The van der Waals surface area contributed by atoms with E-state index >= 15 is 0 Å². The number of benzene rings is 1. The zero-order chi connectivity index (χ0) is 18.1. The zero-order valence-electron chi connectivity index (χ0n) is 14.1. The second-order valence-corrected chi connectivity index (χ2v) is 7.07. The average molecular weight is 365 g/mol. The summed E-state index contributed by atoms with van der Waals surface area (Å²) in [5.41, 5.74) is 1.61. The standard InChI is InChI=1S/C18H21ClN2O4/c1-11(22)20-5-7-21(8-6-20)17-13(3-2-4-15(17)19)14-9-12(18(24)25)10-16(14)23/h2-4,12,14H,5-10H2,1H3,(H,24,25)/t12-,14+/m1/s1. The molecule has 6 nitrogen and oxygen atoms in total. The van der Waals surface area contributed by atoms with Gasteiger partial charge >= 0.3 is 5.97 Å². The van der Waals surface area contributed by atoms with Gasteiger partial charge in [-0.15, -0.1) is 0 Å². The van der Waals surface area contributed by atoms with Gasteiger partial charge in [-0.1, -0.05) is 23.7 Å². The van der Waals surface area contributed by atoms with Crippen molar-refractivity contribution in [1.29, 1.82) is 0 Å². The van der Waals surface area contributed by atoms with Crippen LogP contribution in [0.1, 0.15) is 31.2 Å². The van der Waals surface area contributed by atoms with E-state index in [0.717, 1.165) is 11.3 Å². The Balaban J connectivity index is 1.87. The second-order valence-electron chi connectivity index (χ2n) is 6.66. The minimum Gasteiger partial charge on any atom is -0.481 e. The Bertz CT molecular complexity index is 713. The van der Waals surface area contributed by atoms with Crippen LogP contribution in [-0.4, -0.2) is 53.8 Å². The number of para-hydroxylation sites is 1. The number of piperazine rings is 1. The van der Waals surface area contributed by atoms with E-state index in [2.05, 4.69) is 4.90 Å². The number of ketones is 1. The fourth-order valence-electron chi connectivity index (χ4n) is 3.76. The predicted molar refractivity (Wildman–Crippen MR) is 94.0 cm³/mol. The number of carboxylic acids is 1. The Morgan fingerprint density at radius 1 is 1.20 bits per heavy atom. The Labute approximate surface area is 151 Å². The highest BCUT2D eigenvalue weighted by molar-refractivity contribution is 6.33. The lowest BCUT2D eigenvalue weighted by molar-refractivity contribution is -0.142. The molecule has 1 N–H and O–H groups in total. The minimum absolute atomic E-state index is 0.0433. The van der Waals surface area contributed by atoms with Gasteiger partial charge in [0.25, 0.3) is 0 Å². The molecule has 2 atom stereocenters. The molecule has 2 aliphatic rings. The highest BCUT2D eigenvalue weighted by atomic mass is 35.5. The lowest BCUT2D eigenvalue weighted by atomic mass is 9.93. The van der Waals surface area contributed by atoms with Crippen molar-refractivity contribution in [2.45, 2.75) is 25.7 Å². The first-order chi connectivity index (χ1) is 11.9. The van der Waals surface area contributed by atoms with Crippen molar-refractivity contribution in [2.24, 2.45) is 5.92 Å². The van der Waals surface area contributed by atoms with Gasteiger partial charge in [-0.3, -0.25) is 14.4 Å². The molecule has 1 aliphatic heterocycles. The number of rotatable bonds is 3. The van der Waals surface area contributed by atoms with Gasteiger partial charge in [0.2, 0.25) is 5.91 Å². The van der Waals surface area contributed by atoms with Crippen LogP contribution < -0.4 is 4.90 Å². The number of carboxylic acid groups (broad SMARTS) is 1. The lowest BCUT2D eigenvalue weighted by Gasteiger charge is -2.37. The van der Waals surface area contributed by atoms with Gasteiger partial charge in [-0.2, -0.15) is 0 Å². The molecule has 1 saturated carbocycles. The van der Waals surface area contributed by atoms with Gasteiger partial charge in [0.1, 0.15) is 5.78 Å². The van der Waals surface area contributed by atoms with E-state index in [1.165, 1.54) is 0 Å². The maximum atomic E-state index is 12.4. The molecule has 1 aromatic rings. The Morgan fingerprint density at radius 3 is 2.44 bits per heavy atom. The first kappa shape index (κ1) is 17.7. The van der Waals surface area contributed by atoms with Crippen molar-refractivity contribution in [1.82, 2.24) is 4.90 Å². The van der Waals surface area contributed by atoms with Crippen LogP contribution >= 0.6 is 11.6 Å². The zero-order valence-corrected chi connectivity index (χ0v) is 14.8. The third-order valence-electron chi connectivity index (χ3n) is 5.14. The molecule has 2 fully saturated rings. The van der Waals surface area contributed by atoms with Crippen molar-refractivity contribution in [3.63, 3.8) is 0 Å². The van der Waals surface area contributed by atoms with Crippen molar-refractivity contribution >= 4 is 34.9 Å². The number of halogens is 1. The van der Waals surface area contributed by atoms with E-state index in [1.54, 1.807) is 24.0 Å². The molecule has 0 radical (unpaired) electrons. The largest absolute Gasteiger partial charge is 0.481 e. The predicted octanol–water partition coefficient (Wildman–Crippen LogP) is 2.16. The summed E-state index contributed by atoms with van der Waals surface area (Å²) in [5.74, 6) is -1.97. The van der Waals surface area contributed by atoms with E-state index in [-0.39, 0.29) is 18.1 Å². The molecule has 25 heavy (non-hydrogen) atoms. The number of hydrogen-bond acceptors (Lipinski definition) is 4. The number of carbonyl (C=O) groups is 3. The Morgan fingerprint density at radius 2 is 1.88 bits per heavy atom. The maximum Gasteiger partial charge on any atom is 0.306 e. The summed E-state index contributed by atoms with van der Waals surface area (Å²) in [6.45, 7) is 4.05. The first-order valence-corrected chi connectivity index (χ1v) is 8.80. The fourth-order valence-corrected chi connectivity index (χ4v) is 4.07. The van der Waals surface area contributed by atoms with Crippen molar-refractivity contribution in [3.8, 4) is 0 Å². The van der Waals surface area contributed by atoms with Crippen LogP contribution in [0.25, 0.3) is 0 Å². The number of hydrogen-bond donors (Lipinski definition) is 1. The van der Waals surface area contributed by atoms with Gasteiger partial charge in [0.15, 0.2) is 0 Å². The molecule has 1 amide bonds. The summed E-state index contributed by atoms with van der Waals surface area (Å²) in [7, 11) is 0. The molecule has 1 heterocycles. The van der Waals surface area contributed by atoms with Crippen molar-refractivity contribution in [3.05, 3.63) is 28.8 Å². The van der Waals surface area contributed by atoms with Crippen LogP contribution in [0.3, 0.4) is 0 Å². The number of aliphatic carboxylic acids is 1. The molecule has 0 spiro atoms. The highest BCUT2D eigenvalue weighted by Gasteiger charge is 2.39. The molecule has 1 aromatic carbocycles. The van der Waals surface area contributed by atoms with E-state index in [9.17, 15) is 19.5 Å². The van der Waals surface area contributed by atoms with Gasteiger partial charge in [0, 0.05) is 45.4 Å². The Kier molecular flexibility index (Phi) is 4.99. The molecular formula is C18H21ClN2O4. The monoisotopic (exact) mass is 364 g/mol. The smallest absolute Gasteiger partial charge is 0.306 e. The van der Waals surface area contributed by atoms with Crippen molar-refractivity contribution < 1.29 is 19.5 Å². The van der Waals surface area contributed by atoms with E-state index in [4.69, 9.17) is 11.6 Å². The normalized spacial score (nSPS) is 23.8. The van der Waals surface area contributed by atoms with Crippen LogP contribution in [0.4, 0.5) is 5.69 Å². The van der Waals surface area contributed by atoms with E-state index in [1.807, 2.05) is 6.07 Å². The van der Waals surface area contributed by atoms with Crippen LogP contribution in [0, 0.1) is 5.92 Å².